The second-order valence-corrected chi connectivity index (χ2v) is 11.3. The first kappa shape index (κ1) is 29.9. The van der Waals surface area contributed by atoms with Crippen LogP contribution >= 0.6 is 0 Å². The van der Waals surface area contributed by atoms with E-state index in [0.29, 0.717) is 34.7 Å². The molecule has 0 saturated heterocycles. The summed E-state index contributed by atoms with van der Waals surface area (Å²) in [6.07, 6.45) is 0.524. The van der Waals surface area contributed by atoms with Crippen LogP contribution in [0.2, 0.25) is 0 Å². The fourth-order valence-electron chi connectivity index (χ4n) is 4.25. The molecule has 4 aromatic rings. The van der Waals surface area contributed by atoms with Crippen molar-refractivity contribution in [2.24, 2.45) is 0 Å². The maximum Gasteiger partial charge on any atom is 0.251 e. The van der Waals surface area contributed by atoms with E-state index in [1.54, 1.807) is 85.1 Å². The van der Waals surface area contributed by atoms with Gasteiger partial charge in [-0.1, -0.05) is 48.5 Å². The van der Waals surface area contributed by atoms with Crippen molar-refractivity contribution >= 4 is 15.9 Å². The second kappa shape index (κ2) is 14.0. The predicted octanol–water partition coefficient (Wildman–Crippen LogP) is 3.70. The van der Waals surface area contributed by atoms with Gasteiger partial charge in [0.1, 0.15) is 11.9 Å². The minimum atomic E-state index is -3.91. The molecule has 0 spiro atoms. The fourth-order valence-corrected chi connectivity index (χ4v) is 5.65. The number of amides is 1. The zero-order valence-electron chi connectivity index (χ0n) is 22.6. The van der Waals surface area contributed by atoms with Crippen LogP contribution in [0.3, 0.4) is 0 Å². The molecule has 0 bridgehead atoms. The normalized spacial score (nSPS) is 13.0. The predicted molar refractivity (Wildman–Crippen MR) is 154 cm³/mol. The highest BCUT2D eigenvalue weighted by molar-refractivity contribution is 7.89. The Kier molecular flexibility index (Phi) is 10.2. The first-order chi connectivity index (χ1) is 19.8. The second-order valence-electron chi connectivity index (χ2n) is 9.31. The number of carbonyl (C=O) groups is 1. The van der Waals surface area contributed by atoms with Crippen molar-refractivity contribution < 1.29 is 28.2 Å². The summed E-state index contributed by atoms with van der Waals surface area (Å²) in [5.74, 6) is 0.106. The SMILES string of the molecule is CCOc1ccc(S(=O)(=O)N(Cc2ccc(C(=O)NC(CO)C(O)c3ccccc3)cc2)Cc2ccccn2)cc1. The van der Waals surface area contributed by atoms with Crippen LogP contribution in [-0.4, -0.2) is 53.1 Å². The Balaban J connectivity index is 1.51. The number of hydrogen-bond donors (Lipinski definition) is 3. The number of aromatic nitrogens is 1. The minimum absolute atomic E-state index is 0.0417. The Hall–Kier alpha value is -4.09. The molecule has 0 fully saturated rings. The van der Waals surface area contributed by atoms with Crippen LogP contribution in [0, 0.1) is 0 Å². The number of pyridine rings is 1. The highest BCUT2D eigenvalue weighted by Crippen LogP contribution is 2.24. The lowest BCUT2D eigenvalue weighted by atomic mass is 10.0. The van der Waals surface area contributed by atoms with E-state index in [-0.39, 0.29) is 18.0 Å². The van der Waals surface area contributed by atoms with Crippen LogP contribution in [0.25, 0.3) is 0 Å². The molecular formula is C31H33N3O6S. The van der Waals surface area contributed by atoms with Crippen LogP contribution in [-0.2, 0) is 23.1 Å². The van der Waals surface area contributed by atoms with Crippen molar-refractivity contribution in [3.63, 3.8) is 0 Å². The molecule has 0 aliphatic heterocycles. The standard InChI is InChI=1S/C31H33N3O6S/c1-2-40-27-15-17-28(18-16-27)41(38,39)34(21-26-10-6-7-19-32-26)20-23-11-13-25(14-12-23)31(37)33-29(22-35)30(36)24-8-4-3-5-9-24/h3-19,29-30,35-36H,2,20-22H2,1H3,(H,33,37). The number of sulfonamides is 1. The van der Waals surface area contributed by atoms with Gasteiger partial charge in [-0.2, -0.15) is 4.31 Å². The van der Waals surface area contributed by atoms with Gasteiger partial charge in [0.05, 0.1) is 36.4 Å². The first-order valence-corrected chi connectivity index (χ1v) is 14.6. The van der Waals surface area contributed by atoms with Gasteiger partial charge < -0.3 is 20.3 Å². The Bertz CT molecular complexity index is 1500. The summed E-state index contributed by atoms with van der Waals surface area (Å²) in [6, 6.07) is 26.0. The molecule has 3 N–H and O–H groups in total. The van der Waals surface area contributed by atoms with Crippen molar-refractivity contribution in [3.05, 3.63) is 126 Å². The molecule has 10 heteroatoms. The number of nitrogens with one attached hydrogen (secondary N) is 1. The van der Waals surface area contributed by atoms with E-state index in [1.807, 2.05) is 13.0 Å². The summed E-state index contributed by atoms with van der Waals surface area (Å²) < 4.78 is 34.1. The molecule has 0 aliphatic carbocycles. The summed E-state index contributed by atoms with van der Waals surface area (Å²) in [5.41, 5.74) is 2.13. The Labute approximate surface area is 240 Å². The van der Waals surface area contributed by atoms with Gasteiger partial charge in [0.15, 0.2) is 0 Å². The van der Waals surface area contributed by atoms with E-state index < -0.39 is 34.7 Å². The van der Waals surface area contributed by atoms with Crippen molar-refractivity contribution in [2.75, 3.05) is 13.2 Å². The highest BCUT2D eigenvalue weighted by atomic mass is 32.2. The summed E-state index contributed by atoms with van der Waals surface area (Å²) in [5, 5.41) is 23.1. The number of ether oxygens (including phenoxy) is 1. The van der Waals surface area contributed by atoms with Crippen LogP contribution in [0.1, 0.15) is 40.2 Å². The lowest BCUT2D eigenvalue weighted by Gasteiger charge is -2.23. The van der Waals surface area contributed by atoms with Gasteiger partial charge in [-0.05, 0) is 66.6 Å². The van der Waals surface area contributed by atoms with E-state index >= 15 is 0 Å². The monoisotopic (exact) mass is 575 g/mol. The van der Waals surface area contributed by atoms with Gasteiger partial charge in [0.25, 0.3) is 5.91 Å². The van der Waals surface area contributed by atoms with Gasteiger partial charge in [-0.3, -0.25) is 9.78 Å². The topological polar surface area (TPSA) is 129 Å². The first-order valence-electron chi connectivity index (χ1n) is 13.2. The van der Waals surface area contributed by atoms with Crippen LogP contribution < -0.4 is 10.1 Å². The molecule has 1 amide bonds. The van der Waals surface area contributed by atoms with Crippen LogP contribution in [0.5, 0.6) is 5.75 Å². The number of aliphatic hydroxyl groups is 2. The summed E-state index contributed by atoms with van der Waals surface area (Å²) in [6.45, 7) is 1.97. The fraction of sp³-hybridized carbons (Fsp3) is 0.226. The molecule has 4 rings (SSSR count). The van der Waals surface area contributed by atoms with E-state index in [0.717, 1.165) is 0 Å². The van der Waals surface area contributed by atoms with E-state index in [9.17, 15) is 23.4 Å². The van der Waals surface area contributed by atoms with Crippen molar-refractivity contribution in [1.29, 1.82) is 0 Å². The van der Waals surface area contributed by atoms with Crippen LogP contribution in [0.4, 0.5) is 0 Å². The average Bonchev–Trinajstić information content (AvgIpc) is 3.01. The maximum atomic E-state index is 13.7. The maximum absolute atomic E-state index is 13.7. The molecule has 41 heavy (non-hydrogen) atoms. The Morgan fingerprint density at radius 3 is 2.22 bits per heavy atom. The van der Waals surface area contributed by atoms with E-state index in [1.165, 1.54) is 16.4 Å². The van der Waals surface area contributed by atoms with Gasteiger partial charge in [-0.25, -0.2) is 8.42 Å². The molecule has 3 aromatic carbocycles. The smallest absolute Gasteiger partial charge is 0.251 e. The number of nitrogens with zero attached hydrogens (tertiary/aromatic N) is 2. The van der Waals surface area contributed by atoms with Gasteiger partial charge in [0.2, 0.25) is 10.0 Å². The molecule has 2 unspecified atom stereocenters. The molecular weight excluding hydrogens is 542 g/mol. The number of carbonyl (C=O) groups excluding carboxylic acids is 1. The molecule has 0 saturated carbocycles. The highest BCUT2D eigenvalue weighted by Gasteiger charge is 2.26. The third kappa shape index (κ3) is 7.77. The third-order valence-electron chi connectivity index (χ3n) is 6.45. The lowest BCUT2D eigenvalue weighted by molar-refractivity contribution is 0.0703. The molecule has 1 heterocycles. The van der Waals surface area contributed by atoms with E-state index in [4.69, 9.17) is 4.74 Å². The van der Waals surface area contributed by atoms with Gasteiger partial charge in [0, 0.05) is 18.3 Å². The van der Waals surface area contributed by atoms with Crippen molar-refractivity contribution in [3.8, 4) is 5.75 Å². The molecule has 9 nitrogen and oxygen atoms in total. The van der Waals surface area contributed by atoms with Crippen molar-refractivity contribution in [2.45, 2.75) is 37.1 Å². The quantitative estimate of drug-likeness (QED) is 0.222. The third-order valence-corrected chi connectivity index (χ3v) is 8.25. The molecule has 0 radical (unpaired) electrons. The Morgan fingerprint density at radius 1 is 0.927 bits per heavy atom. The number of aliphatic hydroxyl groups excluding tert-OH is 2. The Morgan fingerprint density at radius 2 is 1.61 bits per heavy atom. The number of benzene rings is 3. The summed E-state index contributed by atoms with van der Waals surface area (Å²) >= 11 is 0. The largest absolute Gasteiger partial charge is 0.494 e. The summed E-state index contributed by atoms with van der Waals surface area (Å²) in [7, 11) is -3.91. The molecule has 1 aromatic heterocycles. The molecule has 2 atom stereocenters. The zero-order valence-corrected chi connectivity index (χ0v) is 23.4. The summed E-state index contributed by atoms with van der Waals surface area (Å²) in [4.78, 5) is 17.3. The molecule has 214 valence electrons. The van der Waals surface area contributed by atoms with Gasteiger partial charge >= 0.3 is 0 Å². The lowest BCUT2D eigenvalue weighted by Crippen LogP contribution is -2.42. The number of hydrogen-bond acceptors (Lipinski definition) is 7. The van der Waals surface area contributed by atoms with Crippen molar-refractivity contribution in [1.82, 2.24) is 14.6 Å². The van der Waals surface area contributed by atoms with Crippen LogP contribution in [0.15, 0.2) is 108 Å². The average molecular weight is 576 g/mol. The van der Waals surface area contributed by atoms with Gasteiger partial charge in [-0.15, -0.1) is 0 Å². The molecule has 0 aliphatic rings. The zero-order chi connectivity index (χ0) is 29.2. The minimum Gasteiger partial charge on any atom is -0.494 e. The number of rotatable bonds is 13. The van der Waals surface area contributed by atoms with E-state index in [2.05, 4.69) is 10.3 Å².